The fourth-order valence-electron chi connectivity index (χ4n) is 1.78. The number of rotatable bonds is 1. The van der Waals surface area contributed by atoms with E-state index in [1.54, 1.807) is 0 Å². The molecule has 2 aliphatic heterocycles. The van der Waals surface area contributed by atoms with E-state index in [1.165, 1.54) is 11.4 Å². The van der Waals surface area contributed by atoms with E-state index in [1.807, 2.05) is 5.01 Å². The molecule has 0 aliphatic carbocycles. The number of hydrogen-bond acceptors (Lipinski definition) is 3. The predicted molar refractivity (Wildman–Crippen MR) is 45.7 cm³/mol. The van der Waals surface area contributed by atoms with Crippen LogP contribution in [0.2, 0.25) is 0 Å². The summed E-state index contributed by atoms with van der Waals surface area (Å²) in [5, 5.41) is 5.60. The van der Waals surface area contributed by atoms with Crippen LogP contribution in [0.15, 0.2) is 0 Å². The highest BCUT2D eigenvalue weighted by Crippen LogP contribution is 2.13. The minimum atomic E-state index is -0.271. The lowest BCUT2D eigenvalue weighted by molar-refractivity contribution is -0.137. The zero-order chi connectivity index (χ0) is 9.26. The van der Waals surface area contributed by atoms with Gasteiger partial charge in [0.1, 0.15) is 6.54 Å². The van der Waals surface area contributed by atoms with Crippen molar-refractivity contribution in [1.29, 1.82) is 0 Å². The Labute approximate surface area is 76.6 Å². The molecule has 72 valence electrons. The highest BCUT2D eigenvalue weighted by atomic mass is 16.2. The van der Waals surface area contributed by atoms with E-state index in [-0.39, 0.29) is 18.5 Å². The van der Waals surface area contributed by atoms with Crippen molar-refractivity contribution in [3.05, 3.63) is 0 Å². The van der Waals surface area contributed by atoms with Gasteiger partial charge in [0.05, 0.1) is 0 Å². The first-order valence-electron chi connectivity index (χ1n) is 4.65. The monoisotopic (exact) mass is 183 g/mol. The van der Waals surface area contributed by atoms with Crippen molar-refractivity contribution in [1.82, 2.24) is 15.3 Å². The molecule has 0 aromatic heterocycles. The number of amides is 3. The summed E-state index contributed by atoms with van der Waals surface area (Å²) in [5.74, 6) is -0.132. The van der Waals surface area contributed by atoms with Gasteiger partial charge in [-0.05, 0) is 12.8 Å². The molecule has 0 spiro atoms. The van der Waals surface area contributed by atoms with Crippen LogP contribution < -0.4 is 5.32 Å². The molecule has 0 bridgehead atoms. The van der Waals surface area contributed by atoms with Crippen LogP contribution in [-0.2, 0) is 4.79 Å². The molecule has 0 saturated carbocycles. The molecule has 2 rings (SSSR count). The van der Waals surface area contributed by atoms with Crippen molar-refractivity contribution in [2.45, 2.75) is 19.3 Å². The number of hydrogen-bond donors (Lipinski definition) is 1. The summed E-state index contributed by atoms with van der Waals surface area (Å²) in [4.78, 5) is 22.5. The average molecular weight is 183 g/mol. The van der Waals surface area contributed by atoms with Gasteiger partial charge in [-0.3, -0.25) is 4.79 Å². The topological polar surface area (TPSA) is 52.7 Å². The van der Waals surface area contributed by atoms with E-state index in [4.69, 9.17) is 0 Å². The lowest BCUT2D eigenvalue weighted by Crippen LogP contribution is -2.49. The molecule has 3 amide bonds. The van der Waals surface area contributed by atoms with Gasteiger partial charge in [0, 0.05) is 13.1 Å². The summed E-state index contributed by atoms with van der Waals surface area (Å²) in [6.45, 7) is 1.79. The van der Waals surface area contributed by atoms with Crippen LogP contribution in [0.3, 0.4) is 0 Å². The highest BCUT2D eigenvalue weighted by molar-refractivity contribution is 6.01. The van der Waals surface area contributed by atoms with Crippen molar-refractivity contribution in [2.75, 3.05) is 19.6 Å². The number of carbonyl (C=O) groups excluding carboxylic acids is 2. The van der Waals surface area contributed by atoms with E-state index in [2.05, 4.69) is 5.32 Å². The van der Waals surface area contributed by atoms with E-state index in [0.29, 0.717) is 0 Å². The molecule has 13 heavy (non-hydrogen) atoms. The molecule has 2 fully saturated rings. The Hall–Kier alpha value is -1.10. The van der Waals surface area contributed by atoms with Crippen LogP contribution in [0.5, 0.6) is 0 Å². The first-order valence-corrected chi connectivity index (χ1v) is 4.65. The van der Waals surface area contributed by atoms with Gasteiger partial charge in [-0.15, -0.1) is 0 Å². The molecule has 0 aromatic rings. The van der Waals surface area contributed by atoms with E-state index >= 15 is 0 Å². The Kier molecular flexibility index (Phi) is 2.18. The molecule has 0 aromatic carbocycles. The second-order valence-corrected chi connectivity index (χ2v) is 3.38. The molecule has 0 radical (unpaired) electrons. The number of carbonyl (C=O) groups is 2. The number of nitrogens with zero attached hydrogens (tertiary/aromatic N) is 2. The molecule has 5 nitrogen and oxygen atoms in total. The summed E-state index contributed by atoms with van der Waals surface area (Å²) >= 11 is 0. The van der Waals surface area contributed by atoms with Crippen LogP contribution in [0, 0.1) is 0 Å². The lowest BCUT2D eigenvalue weighted by atomic mass is 10.2. The van der Waals surface area contributed by atoms with Gasteiger partial charge in [0.25, 0.3) is 5.91 Å². The molecule has 2 heterocycles. The molecule has 0 atom stereocenters. The number of urea groups is 1. The lowest BCUT2D eigenvalue weighted by Gasteiger charge is -2.31. The van der Waals surface area contributed by atoms with Crippen LogP contribution >= 0.6 is 0 Å². The van der Waals surface area contributed by atoms with Crippen molar-refractivity contribution in [2.24, 2.45) is 0 Å². The molecule has 2 aliphatic rings. The van der Waals surface area contributed by atoms with Crippen LogP contribution in [0.4, 0.5) is 4.79 Å². The van der Waals surface area contributed by atoms with Gasteiger partial charge in [0.2, 0.25) is 0 Å². The molecule has 1 N–H and O–H groups in total. The Morgan fingerprint density at radius 1 is 1.08 bits per heavy atom. The zero-order valence-electron chi connectivity index (χ0n) is 7.45. The Balaban J connectivity index is 2.05. The van der Waals surface area contributed by atoms with E-state index in [9.17, 15) is 9.59 Å². The van der Waals surface area contributed by atoms with Gasteiger partial charge < -0.3 is 5.32 Å². The van der Waals surface area contributed by atoms with Crippen molar-refractivity contribution < 1.29 is 9.59 Å². The number of hydrazine groups is 1. The van der Waals surface area contributed by atoms with Gasteiger partial charge in [-0.25, -0.2) is 9.80 Å². The molecule has 2 saturated heterocycles. The average Bonchev–Trinajstić information content (AvgIpc) is 2.48. The molecule has 0 unspecified atom stereocenters. The summed E-state index contributed by atoms with van der Waals surface area (Å²) < 4.78 is 0. The summed E-state index contributed by atoms with van der Waals surface area (Å²) in [6, 6.07) is -0.271. The first kappa shape index (κ1) is 8.50. The number of nitrogens with one attached hydrogen (secondary N) is 1. The van der Waals surface area contributed by atoms with Crippen molar-refractivity contribution in [3.63, 3.8) is 0 Å². The number of imide groups is 1. The number of piperidine rings is 1. The van der Waals surface area contributed by atoms with Crippen molar-refractivity contribution >= 4 is 11.9 Å². The maximum Gasteiger partial charge on any atom is 0.339 e. The predicted octanol–water partition coefficient (Wildman–Crippen LogP) is -0.0609. The smallest absolute Gasteiger partial charge is 0.327 e. The second kappa shape index (κ2) is 3.33. The van der Waals surface area contributed by atoms with Crippen molar-refractivity contribution in [3.8, 4) is 0 Å². The largest absolute Gasteiger partial charge is 0.339 e. The van der Waals surface area contributed by atoms with Crippen LogP contribution in [0.25, 0.3) is 0 Å². The molecule has 5 heteroatoms. The third-order valence-electron chi connectivity index (χ3n) is 2.43. The normalized spacial score (nSPS) is 25.1. The van der Waals surface area contributed by atoms with Gasteiger partial charge in [-0.1, -0.05) is 6.42 Å². The summed E-state index contributed by atoms with van der Waals surface area (Å²) in [6.07, 6.45) is 3.33. The maximum atomic E-state index is 11.3. The third kappa shape index (κ3) is 1.51. The third-order valence-corrected chi connectivity index (χ3v) is 2.43. The summed E-state index contributed by atoms with van der Waals surface area (Å²) in [5.41, 5.74) is 0. The van der Waals surface area contributed by atoms with E-state index < -0.39 is 0 Å². The summed E-state index contributed by atoms with van der Waals surface area (Å²) in [7, 11) is 0. The highest BCUT2D eigenvalue weighted by Gasteiger charge is 2.34. The van der Waals surface area contributed by atoms with Gasteiger partial charge >= 0.3 is 6.03 Å². The molecular weight excluding hydrogens is 170 g/mol. The Bertz CT molecular complexity index is 220. The van der Waals surface area contributed by atoms with E-state index in [0.717, 1.165) is 25.9 Å². The first-order chi connectivity index (χ1) is 6.29. The quantitative estimate of drug-likeness (QED) is 0.579. The zero-order valence-corrected chi connectivity index (χ0v) is 7.45. The van der Waals surface area contributed by atoms with Gasteiger partial charge in [-0.2, -0.15) is 5.01 Å². The van der Waals surface area contributed by atoms with Gasteiger partial charge in [0.15, 0.2) is 0 Å². The minimum Gasteiger partial charge on any atom is -0.327 e. The fraction of sp³-hybridized carbons (Fsp3) is 0.750. The molecular formula is C8H13N3O2. The Morgan fingerprint density at radius 2 is 1.77 bits per heavy atom. The standard InChI is InChI=1S/C8H13N3O2/c12-7-6-9-8(13)11(7)10-4-2-1-3-5-10/h1-6H2,(H,9,13). The van der Waals surface area contributed by atoms with Crippen LogP contribution in [-0.4, -0.2) is 41.6 Å². The fourth-order valence-corrected chi connectivity index (χ4v) is 1.78. The minimum absolute atomic E-state index is 0.132. The second-order valence-electron chi connectivity index (χ2n) is 3.38. The maximum absolute atomic E-state index is 11.3. The van der Waals surface area contributed by atoms with Crippen LogP contribution in [0.1, 0.15) is 19.3 Å². The Morgan fingerprint density at radius 3 is 2.31 bits per heavy atom. The SMILES string of the molecule is O=C1CNC(=O)N1N1CCCCC1.